The van der Waals surface area contributed by atoms with Crippen molar-refractivity contribution in [2.24, 2.45) is 0 Å². The van der Waals surface area contributed by atoms with Crippen LogP contribution < -0.4 is 0 Å². The van der Waals surface area contributed by atoms with Crippen LogP contribution in [0.3, 0.4) is 0 Å². The fraction of sp³-hybridized carbons (Fsp3) is 0.100. The summed E-state index contributed by atoms with van der Waals surface area (Å²) in [5.74, 6) is -1.43. The average molecular weight is 246 g/mol. The fourth-order valence-corrected chi connectivity index (χ4v) is 1.21. The summed E-state index contributed by atoms with van der Waals surface area (Å²) in [7, 11) is 0. The largest absolute Gasteiger partial charge is 0.505 e. The highest BCUT2D eigenvalue weighted by Gasteiger charge is 2.31. The monoisotopic (exact) mass is 245 g/mol. The SMILES string of the molecule is O/C(=C\c1nc2ccccc2o1)C(F)(F)Cl. The maximum atomic E-state index is 12.4. The number of aromatic nitrogens is 1. The molecular weight excluding hydrogens is 240 g/mol. The third-order valence-corrected chi connectivity index (χ3v) is 2.05. The first kappa shape index (κ1) is 10.9. The van der Waals surface area contributed by atoms with Crippen LogP contribution >= 0.6 is 11.6 Å². The highest BCUT2D eigenvalue weighted by Crippen LogP contribution is 2.28. The van der Waals surface area contributed by atoms with Crippen molar-refractivity contribution in [2.45, 2.75) is 5.38 Å². The standard InChI is InChI=1S/C10H6ClF2NO2/c11-10(12,13)8(15)5-9-14-6-3-1-2-4-7(6)16-9/h1-5,15H/b8-5-. The zero-order valence-electron chi connectivity index (χ0n) is 7.82. The number of aliphatic hydroxyl groups excluding tert-OH is 1. The van der Waals surface area contributed by atoms with Gasteiger partial charge >= 0.3 is 5.38 Å². The molecule has 2 aromatic rings. The van der Waals surface area contributed by atoms with Gasteiger partial charge in [-0.3, -0.25) is 0 Å². The second-order valence-corrected chi connectivity index (χ2v) is 3.52. The van der Waals surface area contributed by atoms with Gasteiger partial charge in [0, 0.05) is 6.08 Å². The number of benzene rings is 1. The number of halogens is 3. The van der Waals surface area contributed by atoms with Crippen molar-refractivity contribution in [3.05, 3.63) is 35.9 Å². The van der Waals surface area contributed by atoms with Gasteiger partial charge in [-0.05, 0) is 23.7 Å². The van der Waals surface area contributed by atoms with Crippen LogP contribution in [-0.2, 0) is 0 Å². The van der Waals surface area contributed by atoms with Gasteiger partial charge in [-0.25, -0.2) is 4.98 Å². The molecule has 0 amide bonds. The molecule has 0 bridgehead atoms. The van der Waals surface area contributed by atoms with Crippen LogP contribution in [0.2, 0.25) is 0 Å². The van der Waals surface area contributed by atoms with Crippen LogP contribution in [0.1, 0.15) is 5.89 Å². The summed E-state index contributed by atoms with van der Waals surface area (Å²) in [6, 6.07) is 6.74. The molecule has 16 heavy (non-hydrogen) atoms. The van der Waals surface area contributed by atoms with Crippen LogP contribution in [0.4, 0.5) is 8.78 Å². The first-order chi connectivity index (χ1) is 7.47. The number of allylic oxidation sites excluding steroid dienone is 1. The van der Waals surface area contributed by atoms with E-state index in [0.717, 1.165) is 0 Å². The van der Waals surface area contributed by atoms with E-state index in [0.29, 0.717) is 17.2 Å². The van der Waals surface area contributed by atoms with E-state index in [9.17, 15) is 8.78 Å². The lowest BCUT2D eigenvalue weighted by Gasteiger charge is -2.04. The predicted octanol–water partition coefficient (Wildman–Crippen LogP) is 3.56. The van der Waals surface area contributed by atoms with E-state index in [1.54, 1.807) is 24.3 Å². The van der Waals surface area contributed by atoms with Crippen molar-refractivity contribution in [3.63, 3.8) is 0 Å². The summed E-state index contributed by atoms with van der Waals surface area (Å²) in [6.07, 6.45) is 0.688. The van der Waals surface area contributed by atoms with E-state index in [4.69, 9.17) is 9.52 Å². The molecule has 0 aliphatic carbocycles. The second kappa shape index (κ2) is 3.75. The number of rotatable bonds is 2. The lowest BCUT2D eigenvalue weighted by Crippen LogP contribution is -2.08. The number of nitrogens with zero attached hydrogens (tertiary/aromatic N) is 1. The van der Waals surface area contributed by atoms with E-state index < -0.39 is 11.1 Å². The van der Waals surface area contributed by atoms with Gasteiger partial charge < -0.3 is 9.52 Å². The Morgan fingerprint density at radius 1 is 1.44 bits per heavy atom. The minimum absolute atomic E-state index is 0.126. The fourth-order valence-electron chi connectivity index (χ4n) is 1.15. The van der Waals surface area contributed by atoms with Gasteiger partial charge in [0.25, 0.3) is 0 Å². The summed E-state index contributed by atoms with van der Waals surface area (Å²) in [6.45, 7) is 0. The maximum absolute atomic E-state index is 12.4. The summed E-state index contributed by atoms with van der Waals surface area (Å²) < 4.78 is 30.0. The van der Waals surface area contributed by atoms with E-state index in [1.807, 2.05) is 0 Å². The molecule has 3 nitrogen and oxygen atoms in total. The van der Waals surface area contributed by atoms with Crippen LogP contribution in [0.15, 0.2) is 34.4 Å². The van der Waals surface area contributed by atoms with Gasteiger partial charge in [0.15, 0.2) is 11.3 Å². The lowest BCUT2D eigenvalue weighted by atomic mass is 10.3. The zero-order chi connectivity index (χ0) is 11.8. The van der Waals surface area contributed by atoms with Crippen molar-refractivity contribution in [3.8, 4) is 0 Å². The molecule has 0 fully saturated rings. The smallest absolute Gasteiger partial charge is 0.379 e. The minimum atomic E-state index is -3.82. The van der Waals surface area contributed by atoms with Crippen molar-refractivity contribution in [1.82, 2.24) is 4.98 Å². The Bertz CT molecular complexity index is 512. The van der Waals surface area contributed by atoms with Crippen LogP contribution in [-0.4, -0.2) is 15.5 Å². The van der Waals surface area contributed by atoms with Crippen LogP contribution in [0, 0.1) is 0 Å². The number of oxazole rings is 1. The molecule has 1 N–H and O–H groups in total. The molecule has 0 spiro atoms. The van der Waals surface area contributed by atoms with E-state index in [2.05, 4.69) is 16.6 Å². The van der Waals surface area contributed by atoms with Gasteiger partial charge in [0.2, 0.25) is 5.89 Å². The van der Waals surface area contributed by atoms with E-state index in [1.165, 1.54) is 0 Å². The van der Waals surface area contributed by atoms with Crippen LogP contribution in [0.25, 0.3) is 17.2 Å². The van der Waals surface area contributed by atoms with Gasteiger partial charge in [-0.2, -0.15) is 8.78 Å². The highest BCUT2D eigenvalue weighted by atomic mass is 35.5. The Hall–Kier alpha value is -1.62. The second-order valence-electron chi connectivity index (χ2n) is 3.05. The number of fused-ring (bicyclic) bond motifs is 1. The Kier molecular flexibility index (Phi) is 2.55. The highest BCUT2D eigenvalue weighted by molar-refractivity contribution is 6.23. The number of alkyl halides is 3. The Morgan fingerprint density at radius 3 is 2.75 bits per heavy atom. The molecule has 1 aromatic heterocycles. The average Bonchev–Trinajstić information content (AvgIpc) is 2.58. The zero-order valence-corrected chi connectivity index (χ0v) is 8.58. The lowest BCUT2D eigenvalue weighted by molar-refractivity contribution is 0.0866. The van der Waals surface area contributed by atoms with Gasteiger partial charge in [-0.1, -0.05) is 12.1 Å². The molecule has 1 aromatic carbocycles. The van der Waals surface area contributed by atoms with Crippen molar-refractivity contribution >= 4 is 28.8 Å². The molecular formula is C10H6ClF2NO2. The number of hydrogen-bond acceptors (Lipinski definition) is 3. The molecule has 0 unspecified atom stereocenters. The maximum Gasteiger partial charge on any atom is 0.379 e. The quantitative estimate of drug-likeness (QED) is 0.650. The Morgan fingerprint density at radius 2 is 2.12 bits per heavy atom. The molecule has 6 heteroatoms. The number of para-hydroxylation sites is 2. The number of hydrogen-bond donors (Lipinski definition) is 1. The molecule has 0 saturated carbocycles. The molecule has 0 saturated heterocycles. The van der Waals surface area contributed by atoms with Gasteiger partial charge in [0.1, 0.15) is 5.52 Å². The van der Waals surface area contributed by atoms with Crippen LogP contribution in [0.5, 0.6) is 0 Å². The third-order valence-electron chi connectivity index (χ3n) is 1.86. The molecule has 84 valence electrons. The Labute approximate surface area is 94.0 Å². The predicted molar refractivity (Wildman–Crippen MR) is 55.4 cm³/mol. The molecule has 0 aliphatic heterocycles. The molecule has 0 atom stereocenters. The first-order valence-electron chi connectivity index (χ1n) is 4.30. The Balaban J connectivity index is 2.42. The summed E-state index contributed by atoms with van der Waals surface area (Å²) in [5, 5.41) is 5.12. The topological polar surface area (TPSA) is 46.3 Å². The van der Waals surface area contributed by atoms with E-state index >= 15 is 0 Å². The molecule has 2 rings (SSSR count). The van der Waals surface area contributed by atoms with E-state index in [-0.39, 0.29) is 5.89 Å². The minimum Gasteiger partial charge on any atom is -0.505 e. The summed E-state index contributed by atoms with van der Waals surface area (Å²) >= 11 is 4.61. The summed E-state index contributed by atoms with van der Waals surface area (Å²) in [4.78, 5) is 3.87. The van der Waals surface area contributed by atoms with Gasteiger partial charge in [-0.15, -0.1) is 0 Å². The summed E-state index contributed by atoms with van der Waals surface area (Å²) in [5.41, 5.74) is 0.957. The molecule has 1 heterocycles. The third kappa shape index (κ3) is 2.14. The first-order valence-corrected chi connectivity index (χ1v) is 4.68. The molecule has 0 aliphatic rings. The van der Waals surface area contributed by atoms with Gasteiger partial charge in [0.05, 0.1) is 0 Å². The van der Waals surface area contributed by atoms with Crippen molar-refractivity contribution < 1.29 is 18.3 Å². The molecule has 0 radical (unpaired) electrons. The van der Waals surface area contributed by atoms with Crippen molar-refractivity contribution in [1.29, 1.82) is 0 Å². The van der Waals surface area contributed by atoms with Crippen molar-refractivity contribution in [2.75, 3.05) is 0 Å². The number of aliphatic hydroxyl groups is 1. The normalized spacial score (nSPS) is 13.3.